The number of methoxy groups -OCH3 is 1. The summed E-state index contributed by atoms with van der Waals surface area (Å²) in [6.07, 6.45) is 0.328. The Morgan fingerprint density at radius 3 is 2.65 bits per heavy atom. The number of H-pyrrole nitrogens is 1. The minimum absolute atomic E-state index is 0.0388. The molecule has 0 radical (unpaired) electrons. The van der Waals surface area contributed by atoms with Crippen molar-refractivity contribution in [2.24, 2.45) is 0 Å². The van der Waals surface area contributed by atoms with Gasteiger partial charge in [-0.3, -0.25) is 4.79 Å². The number of aromatic amines is 1. The molecule has 2 N–H and O–H groups in total. The van der Waals surface area contributed by atoms with E-state index in [4.69, 9.17) is 4.74 Å². The molecule has 0 aliphatic carbocycles. The van der Waals surface area contributed by atoms with Gasteiger partial charge < -0.3 is 15.0 Å². The predicted molar refractivity (Wildman–Crippen MR) is 89.3 cm³/mol. The zero-order valence-corrected chi connectivity index (χ0v) is 13.2. The van der Waals surface area contributed by atoms with Crippen LogP contribution < -0.4 is 10.1 Å². The van der Waals surface area contributed by atoms with Gasteiger partial charge in [-0.25, -0.2) is 4.98 Å². The van der Waals surface area contributed by atoms with Gasteiger partial charge in [0.05, 0.1) is 30.6 Å². The minimum atomic E-state index is -0.173. The second kappa shape index (κ2) is 6.52. The fraction of sp³-hybridized carbons (Fsp3) is 0.222. The van der Waals surface area contributed by atoms with E-state index in [1.54, 1.807) is 7.11 Å². The Hall–Kier alpha value is -2.82. The molecule has 5 nitrogen and oxygen atoms in total. The lowest BCUT2D eigenvalue weighted by Gasteiger charge is -2.11. The second-order valence-corrected chi connectivity index (χ2v) is 5.45. The summed E-state index contributed by atoms with van der Waals surface area (Å²) >= 11 is 0. The number of ether oxygens (including phenoxy) is 1. The summed E-state index contributed by atoms with van der Waals surface area (Å²) in [6, 6.07) is 15.1. The molecule has 118 valence electrons. The first-order chi connectivity index (χ1) is 11.2. The van der Waals surface area contributed by atoms with E-state index in [1.165, 1.54) is 0 Å². The van der Waals surface area contributed by atoms with E-state index in [0.717, 1.165) is 28.2 Å². The fourth-order valence-electron chi connectivity index (χ4n) is 2.47. The summed E-state index contributed by atoms with van der Waals surface area (Å²) in [7, 11) is 1.62. The molecular formula is C18H19N3O2. The Bertz CT molecular complexity index is 776. The van der Waals surface area contributed by atoms with Crippen molar-refractivity contribution in [2.45, 2.75) is 19.4 Å². The van der Waals surface area contributed by atoms with Crippen LogP contribution in [-0.2, 0) is 11.2 Å². The monoisotopic (exact) mass is 309 g/mol. The molecule has 23 heavy (non-hydrogen) atoms. The number of carbonyl (C=O) groups is 1. The van der Waals surface area contributed by atoms with Crippen LogP contribution in [0.25, 0.3) is 11.0 Å². The maximum atomic E-state index is 12.2. The molecular weight excluding hydrogens is 290 g/mol. The third-order valence-electron chi connectivity index (χ3n) is 3.72. The van der Waals surface area contributed by atoms with Crippen LogP contribution in [0.5, 0.6) is 5.75 Å². The fourth-order valence-corrected chi connectivity index (χ4v) is 2.47. The Morgan fingerprint density at radius 2 is 1.96 bits per heavy atom. The minimum Gasteiger partial charge on any atom is -0.497 e. The molecule has 5 heteroatoms. The lowest BCUT2D eigenvalue weighted by Crippen LogP contribution is -2.28. The number of fused-ring (bicyclic) bond motifs is 1. The summed E-state index contributed by atoms with van der Waals surface area (Å²) in [5.74, 6) is 1.50. The lowest BCUT2D eigenvalue weighted by molar-refractivity contribution is -0.121. The van der Waals surface area contributed by atoms with E-state index in [2.05, 4.69) is 15.3 Å². The first kappa shape index (κ1) is 15.1. The van der Waals surface area contributed by atoms with Gasteiger partial charge in [0.2, 0.25) is 5.91 Å². The number of nitrogens with one attached hydrogen (secondary N) is 2. The molecule has 0 saturated heterocycles. The van der Waals surface area contributed by atoms with Gasteiger partial charge in [-0.1, -0.05) is 24.3 Å². The third kappa shape index (κ3) is 3.51. The average molecular weight is 309 g/mol. The van der Waals surface area contributed by atoms with Gasteiger partial charge in [0.15, 0.2) is 0 Å². The highest BCUT2D eigenvalue weighted by Gasteiger charge is 2.13. The zero-order chi connectivity index (χ0) is 16.2. The van der Waals surface area contributed by atoms with Gasteiger partial charge >= 0.3 is 0 Å². The molecule has 3 aromatic rings. The Labute approximate surface area is 134 Å². The summed E-state index contributed by atoms with van der Waals surface area (Å²) in [4.78, 5) is 19.9. The molecule has 0 aliphatic heterocycles. The molecule has 2 aromatic carbocycles. The van der Waals surface area contributed by atoms with Gasteiger partial charge in [-0.05, 0) is 36.8 Å². The average Bonchev–Trinajstić information content (AvgIpc) is 2.99. The highest BCUT2D eigenvalue weighted by molar-refractivity contribution is 5.79. The molecule has 1 atom stereocenters. The standard InChI is InChI=1S/C18H19N3O2/c1-12(18-20-15-5-3-4-6-16(15)21-18)19-17(22)11-13-7-9-14(23-2)10-8-13/h3-10,12H,11H2,1-2H3,(H,19,22)(H,20,21)/t12-/m0/s1. The predicted octanol–water partition coefficient (Wildman–Crippen LogP) is 2.99. The van der Waals surface area contributed by atoms with Gasteiger partial charge in [0, 0.05) is 0 Å². The molecule has 1 heterocycles. The van der Waals surface area contributed by atoms with Gasteiger partial charge in [-0.2, -0.15) is 0 Å². The van der Waals surface area contributed by atoms with Crippen molar-refractivity contribution >= 4 is 16.9 Å². The van der Waals surface area contributed by atoms with Crippen LogP contribution in [0.1, 0.15) is 24.4 Å². The third-order valence-corrected chi connectivity index (χ3v) is 3.72. The lowest BCUT2D eigenvalue weighted by atomic mass is 10.1. The van der Waals surface area contributed by atoms with E-state index in [9.17, 15) is 4.79 Å². The van der Waals surface area contributed by atoms with Crippen molar-refractivity contribution in [2.75, 3.05) is 7.11 Å². The number of aromatic nitrogens is 2. The van der Waals surface area contributed by atoms with E-state index >= 15 is 0 Å². The first-order valence-corrected chi connectivity index (χ1v) is 7.52. The van der Waals surface area contributed by atoms with Crippen LogP contribution in [0.4, 0.5) is 0 Å². The van der Waals surface area contributed by atoms with Gasteiger partial charge in [-0.15, -0.1) is 0 Å². The van der Waals surface area contributed by atoms with E-state index in [0.29, 0.717) is 6.42 Å². The smallest absolute Gasteiger partial charge is 0.224 e. The number of rotatable bonds is 5. The number of para-hydroxylation sites is 2. The number of carbonyl (C=O) groups excluding carboxylic acids is 1. The topological polar surface area (TPSA) is 67.0 Å². The van der Waals surface area contributed by atoms with Crippen LogP contribution in [0.3, 0.4) is 0 Å². The maximum absolute atomic E-state index is 12.2. The summed E-state index contributed by atoms with van der Waals surface area (Å²) in [6.45, 7) is 1.92. The Balaban J connectivity index is 1.64. The maximum Gasteiger partial charge on any atom is 0.224 e. The summed E-state index contributed by atoms with van der Waals surface area (Å²) in [5.41, 5.74) is 2.82. The quantitative estimate of drug-likeness (QED) is 0.761. The molecule has 0 fully saturated rings. The molecule has 0 unspecified atom stereocenters. The van der Waals surface area contributed by atoms with Crippen molar-refractivity contribution in [3.05, 3.63) is 59.9 Å². The van der Waals surface area contributed by atoms with E-state index in [1.807, 2.05) is 55.5 Å². The van der Waals surface area contributed by atoms with Crippen LogP contribution in [-0.4, -0.2) is 23.0 Å². The first-order valence-electron chi connectivity index (χ1n) is 7.52. The number of amides is 1. The van der Waals surface area contributed by atoms with Crippen molar-refractivity contribution < 1.29 is 9.53 Å². The Kier molecular flexibility index (Phi) is 4.28. The van der Waals surface area contributed by atoms with Crippen molar-refractivity contribution in [3.8, 4) is 5.75 Å². The summed E-state index contributed by atoms with van der Waals surface area (Å²) in [5, 5.41) is 2.97. The largest absolute Gasteiger partial charge is 0.497 e. The summed E-state index contributed by atoms with van der Waals surface area (Å²) < 4.78 is 5.11. The molecule has 1 aromatic heterocycles. The highest BCUT2D eigenvalue weighted by atomic mass is 16.5. The van der Waals surface area contributed by atoms with E-state index in [-0.39, 0.29) is 11.9 Å². The molecule has 3 rings (SSSR count). The van der Waals surface area contributed by atoms with Crippen LogP contribution in [0.15, 0.2) is 48.5 Å². The normalized spacial score (nSPS) is 12.1. The SMILES string of the molecule is COc1ccc(CC(=O)N[C@@H](C)c2nc3ccccc3[nH]2)cc1. The zero-order valence-electron chi connectivity index (χ0n) is 13.2. The van der Waals surface area contributed by atoms with Crippen LogP contribution >= 0.6 is 0 Å². The number of hydrogen-bond acceptors (Lipinski definition) is 3. The van der Waals surface area contributed by atoms with Crippen LogP contribution in [0, 0.1) is 0 Å². The van der Waals surface area contributed by atoms with Gasteiger partial charge in [0.25, 0.3) is 0 Å². The van der Waals surface area contributed by atoms with Gasteiger partial charge in [0.1, 0.15) is 11.6 Å². The number of benzene rings is 2. The number of imidazole rings is 1. The number of nitrogens with zero attached hydrogens (tertiary/aromatic N) is 1. The molecule has 0 bridgehead atoms. The van der Waals surface area contributed by atoms with E-state index < -0.39 is 0 Å². The van der Waals surface area contributed by atoms with Crippen LogP contribution in [0.2, 0.25) is 0 Å². The Morgan fingerprint density at radius 1 is 1.22 bits per heavy atom. The number of hydrogen-bond donors (Lipinski definition) is 2. The highest BCUT2D eigenvalue weighted by Crippen LogP contribution is 2.16. The molecule has 0 aliphatic rings. The molecule has 1 amide bonds. The second-order valence-electron chi connectivity index (χ2n) is 5.45. The van der Waals surface area contributed by atoms with Crippen molar-refractivity contribution in [3.63, 3.8) is 0 Å². The van der Waals surface area contributed by atoms with Crippen molar-refractivity contribution in [1.29, 1.82) is 0 Å². The van der Waals surface area contributed by atoms with Crippen molar-refractivity contribution in [1.82, 2.24) is 15.3 Å². The molecule has 0 spiro atoms. The molecule has 0 saturated carbocycles.